The number of carbonyl (C=O) groups excluding carboxylic acids is 1. The summed E-state index contributed by atoms with van der Waals surface area (Å²) in [4.78, 5) is 11.8. The molecule has 20 heavy (non-hydrogen) atoms. The van der Waals surface area contributed by atoms with E-state index in [1.54, 1.807) is 30.3 Å². The van der Waals surface area contributed by atoms with Crippen LogP contribution in [-0.4, -0.2) is 13.1 Å². The van der Waals surface area contributed by atoms with E-state index in [-0.39, 0.29) is 5.69 Å². The van der Waals surface area contributed by atoms with Crippen molar-refractivity contribution in [1.82, 2.24) is 0 Å². The third kappa shape index (κ3) is 3.48. The van der Waals surface area contributed by atoms with Gasteiger partial charge in [0, 0.05) is 10.5 Å². The Morgan fingerprint density at radius 3 is 2.55 bits per heavy atom. The molecule has 0 unspecified atom stereocenters. The molecule has 2 aromatic carbocycles. The predicted molar refractivity (Wildman–Crippen MR) is 79.7 cm³/mol. The molecule has 0 saturated heterocycles. The fourth-order valence-electron chi connectivity index (χ4n) is 1.57. The van der Waals surface area contributed by atoms with Crippen molar-refractivity contribution in [3.05, 3.63) is 52.8 Å². The van der Waals surface area contributed by atoms with Crippen LogP contribution in [-0.2, 0) is 0 Å². The highest BCUT2D eigenvalue weighted by atomic mass is 79.9. The van der Waals surface area contributed by atoms with Gasteiger partial charge < -0.3 is 15.4 Å². The molecule has 2 amide bonds. The molecule has 2 aromatic rings. The summed E-state index contributed by atoms with van der Waals surface area (Å²) in [5, 5.41) is 5.05. The van der Waals surface area contributed by atoms with Crippen molar-refractivity contribution >= 4 is 33.3 Å². The maximum atomic E-state index is 13.4. The fraction of sp³-hybridized carbons (Fsp3) is 0.0714. The average molecular weight is 339 g/mol. The molecule has 0 saturated carbocycles. The average Bonchev–Trinajstić information content (AvgIpc) is 2.44. The first-order valence-corrected chi connectivity index (χ1v) is 6.55. The highest BCUT2D eigenvalue weighted by Gasteiger charge is 2.09. The molecule has 2 N–H and O–H groups in total. The Bertz CT molecular complexity index is 634. The molecule has 0 aromatic heterocycles. The molecule has 0 atom stereocenters. The number of nitrogens with one attached hydrogen (secondary N) is 2. The van der Waals surface area contributed by atoms with Gasteiger partial charge in [-0.15, -0.1) is 0 Å². The molecule has 0 spiro atoms. The smallest absolute Gasteiger partial charge is 0.323 e. The van der Waals surface area contributed by atoms with Crippen molar-refractivity contribution in [2.45, 2.75) is 0 Å². The van der Waals surface area contributed by atoms with E-state index in [0.29, 0.717) is 15.9 Å². The molecule has 104 valence electrons. The third-order valence-corrected chi connectivity index (χ3v) is 3.24. The van der Waals surface area contributed by atoms with Crippen molar-refractivity contribution in [2.75, 3.05) is 17.7 Å². The summed E-state index contributed by atoms with van der Waals surface area (Å²) in [7, 11) is 1.53. The zero-order chi connectivity index (χ0) is 14.5. The highest BCUT2D eigenvalue weighted by Crippen LogP contribution is 2.27. The van der Waals surface area contributed by atoms with Gasteiger partial charge >= 0.3 is 6.03 Å². The Labute approximate surface area is 124 Å². The fourth-order valence-corrected chi connectivity index (χ4v) is 1.91. The number of amides is 2. The largest absolute Gasteiger partial charge is 0.497 e. The highest BCUT2D eigenvalue weighted by molar-refractivity contribution is 9.10. The van der Waals surface area contributed by atoms with Gasteiger partial charge in [-0.3, -0.25) is 0 Å². The normalized spacial score (nSPS) is 9.95. The molecule has 0 bridgehead atoms. The zero-order valence-corrected chi connectivity index (χ0v) is 12.2. The lowest BCUT2D eigenvalue weighted by molar-refractivity contribution is 0.262. The van der Waals surface area contributed by atoms with E-state index in [2.05, 4.69) is 26.6 Å². The van der Waals surface area contributed by atoms with Crippen molar-refractivity contribution in [2.24, 2.45) is 0 Å². The van der Waals surface area contributed by atoms with Crippen LogP contribution in [0.3, 0.4) is 0 Å². The minimum atomic E-state index is -0.538. The van der Waals surface area contributed by atoms with E-state index < -0.39 is 11.8 Å². The monoisotopic (exact) mass is 338 g/mol. The first-order chi connectivity index (χ1) is 9.60. The van der Waals surface area contributed by atoms with Crippen molar-refractivity contribution in [1.29, 1.82) is 0 Å². The minimum absolute atomic E-state index is 0.115. The number of urea groups is 1. The predicted octanol–water partition coefficient (Wildman–Crippen LogP) is 4.24. The molecular formula is C14H12BrFN2O2. The van der Waals surface area contributed by atoms with Gasteiger partial charge in [0.2, 0.25) is 0 Å². The number of benzene rings is 2. The molecule has 4 nitrogen and oxygen atoms in total. The second-order valence-electron chi connectivity index (χ2n) is 3.90. The summed E-state index contributed by atoms with van der Waals surface area (Å²) >= 11 is 3.32. The summed E-state index contributed by atoms with van der Waals surface area (Å²) in [5.74, 6) is 0.113. The second-order valence-corrected chi connectivity index (χ2v) is 4.76. The van der Waals surface area contributed by atoms with Gasteiger partial charge in [-0.1, -0.05) is 12.1 Å². The Morgan fingerprint density at radius 1 is 1.15 bits per heavy atom. The summed E-state index contributed by atoms with van der Waals surface area (Å²) in [6, 6.07) is 10.6. The molecule has 0 aliphatic heterocycles. The maximum absolute atomic E-state index is 13.4. The topological polar surface area (TPSA) is 50.4 Å². The van der Waals surface area contributed by atoms with Gasteiger partial charge in [0.25, 0.3) is 0 Å². The van der Waals surface area contributed by atoms with Crippen LogP contribution < -0.4 is 15.4 Å². The minimum Gasteiger partial charge on any atom is -0.497 e. The van der Waals surface area contributed by atoms with Crippen LogP contribution in [0.5, 0.6) is 5.75 Å². The van der Waals surface area contributed by atoms with Gasteiger partial charge in [0.1, 0.15) is 11.6 Å². The Kier molecular flexibility index (Phi) is 4.57. The zero-order valence-electron chi connectivity index (χ0n) is 10.6. The van der Waals surface area contributed by atoms with E-state index in [0.717, 1.165) is 0 Å². The van der Waals surface area contributed by atoms with Gasteiger partial charge in [0.15, 0.2) is 0 Å². The maximum Gasteiger partial charge on any atom is 0.323 e. The SMILES string of the molecule is COc1ccc(Br)c(NC(=O)Nc2ccccc2F)c1. The van der Waals surface area contributed by atoms with Crippen LogP contribution in [0, 0.1) is 5.82 Å². The van der Waals surface area contributed by atoms with E-state index in [9.17, 15) is 9.18 Å². The number of para-hydroxylation sites is 1. The summed E-state index contributed by atoms with van der Waals surface area (Å²) in [6.07, 6.45) is 0. The van der Waals surface area contributed by atoms with Crippen molar-refractivity contribution in [3.8, 4) is 5.75 Å². The van der Waals surface area contributed by atoms with Gasteiger partial charge in [-0.05, 0) is 40.2 Å². The lowest BCUT2D eigenvalue weighted by Gasteiger charge is -2.11. The standard InChI is InChI=1S/C14H12BrFN2O2/c1-20-9-6-7-10(15)13(8-9)18-14(19)17-12-5-3-2-4-11(12)16/h2-8H,1H3,(H2,17,18,19). The van der Waals surface area contributed by atoms with Crippen LogP contribution in [0.2, 0.25) is 0 Å². The van der Waals surface area contributed by atoms with E-state index in [4.69, 9.17) is 4.74 Å². The first kappa shape index (κ1) is 14.3. The van der Waals surface area contributed by atoms with Crippen LogP contribution in [0.1, 0.15) is 0 Å². The Morgan fingerprint density at radius 2 is 1.85 bits per heavy atom. The van der Waals surface area contributed by atoms with E-state index >= 15 is 0 Å². The quantitative estimate of drug-likeness (QED) is 0.879. The molecule has 2 rings (SSSR count). The number of carbonyl (C=O) groups is 1. The number of anilines is 2. The third-order valence-electron chi connectivity index (χ3n) is 2.54. The van der Waals surface area contributed by atoms with Crippen LogP contribution >= 0.6 is 15.9 Å². The Balaban J connectivity index is 2.10. The lowest BCUT2D eigenvalue weighted by atomic mass is 10.3. The number of halogens is 2. The summed E-state index contributed by atoms with van der Waals surface area (Å²) in [5.41, 5.74) is 0.641. The summed E-state index contributed by atoms with van der Waals surface area (Å²) < 4.78 is 19.2. The lowest BCUT2D eigenvalue weighted by Crippen LogP contribution is -2.20. The molecular weight excluding hydrogens is 327 g/mol. The number of ether oxygens (including phenoxy) is 1. The van der Waals surface area contributed by atoms with E-state index in [1.807, 2.05) is 0 Å². The first-order valence-electron chi connectivity index (χ1n) is 5.76. The molecule has 6 heteroatoms. The van der Waals surface area contributed by atoms with Gasteiger partial charge in [-0.2, -0.15) is 0 Å². The second kappa shape index (κ2) is 6.38. The number of hydrogen-bond acceptors (Lipinski definition) is 2. The van der Waals surface area contributed by atoms with Gasteiger partial charge in [-0.25, -0.2) is 9.18 Å². The summed E-state index contributed by atoms with van der Waals surface area (Å²) in [6.45, 7) is 0. The van der Waals surface area contributed by atoms with Gasteiger partial charge in [0.05, 0.1) is 18.5 Å². The van der Waals surface area contributed by atoms with Crippen molar-refractivity contribution in [3.63, 3.8) is 0 Å². The Hall–Kier alpha value is -2.08. The molecule has 0 fully saturated rings. The van der Waals surface area contributed by atoms with Crippen molar-refractivity contribution < 1.29 is 13.9 Å². The van der Waals surface area contributed by atoms with E-state index in [1.165, 1.54) is 19.2 Å². The molecule has 0 heterocycles. The number of rotatable bonds is 3. The number of hydrogen-bond donors (Lipinski definition) is 2. The number of methoxy groups -OCH3 is 1. The van der Waals surface area contributed by atoms with Crippen LogP contribution in [0.15, 0.2) is 46.9 Å². The molecule has 0 radical (unpaired) electrons. The van der Waals surface area contributed by atoms with Crippen LogP contribution in [0.25, 0.3) is 0 Å². The molecule has 0 aliphatic carbocycles. The molecule has 0 aliphatic rings. The van der Waals surface area contributed by atoms with Crippen LogP contribution in [0.4, 0.5) is 20.6 Å².